The first-order valence-electron chi connectivity index (χ1n) is 6.84. The minimum Gasteiger partial charge on any atom is -0.395 e. The summed E-state index contributed by atoms with van der Waals surface area (Å²) in [5, 5.41) is 8.64. The Morgan fingerprint density at radius 3 is 2.45 bits per heavy atom. The van der Waals surface area contributed by atoms with Gasteiger partial charge in [0.05, 0.1) is 11.5 Å². The molecule has 1 saturated carbocycles. The van der Waals surface area contributed by atoms with E-state index in [9.17, 15) is 8.42 Å². The summed E-state index contributed by atoms with van der Waals surface area (Å²) >= 11 is 0. The average molecular weight is 293 g/mol. The predicted octanol–water partition coefficient (Wildman–Crippen LogP) is 1.64. The van der Waals surface area contributed by atoms with Crippen molar-refractivity contribution in [3.8, 4) is 11.8 Å². The van der Waals surface area contributed by atoms with Gasteiger partial charge in [0.15, 0.2) is 0 Å². The molecule has 0 spiro atoms. The Labute approximate surface area is 120 Å². The molecule has 1 aromatic carbocycles. The summed E-state index contributed by atoms with van der Waals surface area (Å²) in [5.74, 6) is 5.68. The molecule has 4 nitrogen and oxygen atoms in total. The van der Waals surface area contributed by atoms with Crippen molar-refractivity contribution in [3.63, 3.8) is 0 Å². The summed E-state index contributed by atoms with van der Waals surface area (Å²) in [7, 11) is -3.42. The van der Waals surface area contributed by atoms with Crippen molar-refractivity contribution in [3.05, 3.63) is 29.8 Å². The second-order valence-electron chi connectivity index (χ2n) is 4.90. The molecule has 0 heterocycles. The van der Waals surface area contributed by atoms with Crippen molar-refractivity contribution < 1.29 is 13.5 Å². The lowest BCUT2D eigenvalue weighted by Gasteiger charge is -2.12. The van der Waals surface area contributed by atoms with Crippen LogP contribution in [0.15, 0.2) is 29.2 Å². The Kier molecular flexibility index (Phi) is 5.18. The van der Waals surface area contributed by atoms with Gasteiger partial charge < -0.3 is 5.11 Å². The summed E-state index contributed by atoms with van der Waals surface area (Å²) in [5.41, 5.74) is 0.748. The van der Waals surface area contributed by atoms with E-state index >= 15 is 0 Å². The largest absolute Gasteiger partial charge is 0.395 e. The molecule has 5 heteroatoms. The van der Waals surface area contributed by atoms with E-state index in [2.05, 4.69) is 16.6 Å². The van der Waals surface area contributed by atoms with Gasteiger partial charge in [-0.25, -0.2) is 13.1 Å². The van der Waals surface area contributed by atoms with Crippen molar-refractivity contribution in [1.29, 1.82) is 0 Å². The zero-order chi connectivity index (χ0) is 14.4. The van der Waals surface area contributed by atoms with Crippen molar-refractivity contribution in [2.45, 2.75) is 43.0 Å². The molecule has 2 rings (SSSR count). The summed E-state index contributed by atoms with van der Waals surface area (Å²) in [6.45, 7) is 0.0325. The number of nitrogens with one attached hydrogen (secondary N) is 1. The molecule has 0 unspecified atom stereocenters. The van der Waals surface area contributed by atoms with Crippen molar-refractivity contribution in [2.75, 3.05) is 6.61 Å². The Balaban J connectivity index is 2.06. The van der Waals surface area contributed by atoms with Crippen molar-refractivity contribution in [1.82, 2.24) is 4.72 Å². The van der Waals surface area contributed by atoms with Crippen LogP contribution in [-0.2, 0) is 10.0 Å². The number of hydrogen-bond donors (Lipinski definition) is 2. The zero-order valence-corrected chi connectivity index (χ0v) is 12.1. The van der Waals surface area contributed by atoms with E-state index in [1.54, 1.807) is 24.3 Å². The van der Waals surface area contributed by atoms with Crippen LogP contribution in [0.25, 0.3) is 0 Å². The van der Waals surface area contributed by atoms with Gasteiger partial charge in [0.2, 0.25) is 10.0 Å². The summed E-state index contributed by atoms with van der Waals surface area (Å²) in [6, 6.07) is 6.59. The lowest BCUT2D eigenvalue weighted by Crippen LogP contribution is -2.32. The zero-order valence-electron chi connectivity index (χ0n) is 11.3. The fourth-order valence-corrected chi connectivity index (χ4v) is 3.57. The maximum Gasteiger partial charge on any atom is 0.240 e. The van der Waals surface area contributed by atoms with E-state index in [0.717, 1.165) is 31.2 Å². The minimum atomic E-state index is -3.42. The molecule has 0 amide bonds. The summed E-state index contributed by atoms with van der Waals surface area (Å²) in [4.78, 5) is 0.275. The van der Waals surface area contributed by atoms with Crippen LogP contribution in [0, 0.1) is 11.8 Å². The van der Waals surface area contributed by atoms with E-state index in [-0.39, 0.29) is 17.5 Å². The van der Waals surface area contributed by atoms with E-state index < -0.39 is 10.0 Å². The van der Waals surface area contributed by atoms with Gasteiger partial charge in [0.1, 0.15) is 0 Å². The third kappa shape index (κ3) is 4.07. The van der Waals surface area contributed by atoms with E-state index in [1.165, 1.54) is 0 Å². The lowest BCUT2D eigenvalue weighted by molar-refractivity contribution is 0.305. The number of benzene rings is 1. The first-order chi connectivity index (χ1) is 9.62. The summed E-state index contributed by atoms with van der Waals surface area (Å²) in [6.07, 6.45) is 4.44. The normalized spacial score (nSPS) is 15.8. The maximum atomic E-state index is 12.2. The molecule has 1 aromatic rings. The molecule has 1 aliphatic rings. The highest BCUT2D eigenvalue weighted by Crippen LogP contribution is 2.20. The molecule has 1 fully saturated rings. The maximum absolute atomic E-state index is 12.2. The Morgan fingerprint density at radius 2 is 1.85 bits per heavy atom. The van der Waals surface area contributed by atoms with Crippen LogP contribution in [0.1, 0.15) is 37.7 Å². The fourth-order valence-electron chi connectivity index (χ4n) is 2.27. The van der Waals surface area contributed by atoms with Crippen LogP contribution in [-0.4, -0.2) is 26.2 Å². The van der Waals surface area contributed by atoms with E-state index in [0.29, 0.717) is 6.42 Å². The van der Waals surface area contributed by atoms with Crippen LogP contribution in [0.3, 0.4) is 0 Å². The van der Waals surface area contributed by atoms with Gasteiger partial charge in [-0.2, -0.15) is 0 Å². The van der Waals surface area contributed by atoms with Gasteiger partial charge in [-0.15, -0.1) is 0 Å². The van der Waals surface area contributed by atoms with Gasteiger partial charge in [-0.3, -0.25) is 0 Å². The molecule has 0 atom stereocenters. The Bertz CT molecular complexity index is 590. The SMILES string of the molecule is O=S(=O)(NC1CCCC1)c1ccc(C#CCCO)cc1. The molecule has 0 bridgehead atoms. The van der Waals surface area contributed by atoms with Crippen LogP contribution in [0.5, 0.6) is 0 Å². The molecule has 108 valence electrons. The highest BCUT2D eigenvalue weighted by atomic mass is 32.2. The third-order valence-electron chi connectivity index (χ3n) is 3.31. The molecule has 0 aliphatic heterocycles. The van der Waals surface area contributed by atoms with Crippen molar-refractivity contribution >= 4 is 10.0 Å². The lowest BCUT2D eigenvalue weighted by atomic mass is 10.2. The van der Waals surface area contributed by atoms with E-state index in [4.69, 9.17) is 5.11 Å². The van der Waals surface area contributed by atoms with Gasteiger partial charge in [0, 0.05) is 18.0 Å². The van der Waals surface area contributed by atoms with Crippen LogP contribution in [0.4, 0.5) is 0 Å². The van der Waals surface area contributed by atoms with Gasteiger partial charge in [-0.1, -0.05) is 24.7 Å². The standard InChI is InChI=1S/C15H19NO3S/c17-12-4-3-5-13-8-10-15(11-9-13)20(18,19)16-14-6-1-2-7-14/h8-11,14,16-17H,1-2,4,6-7,12H2. The number of sulfonamides is 1. The monoisotopic (exact) mass is 293 g/mol. The highest BCUT2D eigenvalue weighted by Gasteiger charge is 2.22. The highest BCUT2D eigenvalue weighted by molar-refractivity contribution is 7.89. The molecule has 0 radical (unpaired) electrons. The quantitative estimate of drug-likeness (QED) is 0.829. The number of hydrogen-bond acceptors (Lipinski definition) is 3. The number of rotatable bonds is 4. The van der Waals surface area contributed by atoms with Crippen LogP contribution < -0.4 is 4.72 Å². The van der Waals surface area contributed by atoms with Gasteiger partial charge in [-0.05, 0) is 37.1 Å². The van der Waals surface area contributed by atoms with Crippen LogP contribution >= 0.6 is 0 Å². The van der Waals surface area contributed by atoms with Crippen molar-refractivity contribution in [2.24, 2.45) is 0 Å². The molecule has 0 aromatic heterocycles. The molecular formula is C15H19NO3S. The van der Waals surface area contributed by atoms with Gasteiger partial charge in [0.25, 0.3) is 0 Å². The Hall–Kier alpha value is -1.35. The van der Waals surface area contributed by atoms with Gasteiger partial charge >= 0.3 is 0 Å². The topological polar surface area (TPSA) is 66.4 Å². The first kappa shape index (κ1) is 15.0. The summed E-state index contributed by atoms with van der Waals surface area (Å²) < 4.78 is 27.1. The number of aliphatic hydroxyl groups is 1. The second kappa shape index (κ2) is 6.89. The van der Waals surface area contributed by atoms with E-state index in [1.807, 2.05) is 0 Å². The molecular weight excluding hydrogens is 274 g/mol. The Morgan fingerprint density at radius 1 is 1.20 bits per heavy atom. The van der Waals surface area contributed by atoms with Crippen LogP contribution in [0.2, 0.25) is 0 Å². The molecule has 2 N–H and O–H groups in total. The predicted molar refractivity (Wildman–Crippen MR) is 77.6 cm³/mol. The molecule has 20 heavy (non-hydrogen) atoms. The molecule has 1 aliphatic carbocycles. The average Bonchev–Trinajstić information content (AvgIpc) is 2.92. The minimum absolute atomic E-state index is 0.0325. The first-order valence-corrected chi connectivity index (χ1v) is 8.32. The molecule has 0 saturated heterocycles. The fraction of sp³-hybridized carbons (Fsp3) is 0.467. The second-order valence-corrected chi connectivity index (χ2v) is 6.62. The third-order valence-corrected chi connectivity index (χ3v) is 4.85. The number of aliphatic hydroxyl groups excluding tert-OH is 1. The smallest absolute Gasteiger partial charge is 0.240 e.